The van der Waals surface area contributed by atoms with E-state index in [0.29, 0.717) is 31.6 Å². The van der Waals surface area contributed by atoms with Gasteiger partial charge in [0, 0.05) is 25.4 Å². The average Bonchev–Trinajstić information content (AvgIpc) is 2.59. The Morgan fingerprint density at radius 3 is 2.71 bits per heavy atom. The van der Waals surface area contributed by atoms with E-state index in [2.05, 4.69) is 5.32 Å². The minimum atomic E-state index is -0.578. The minimum Gasteiger partial charge on any atom is -0.503 e. The number of benzene rings is 1. The lowest BCUT2D eigenvalue weighted by molar-refractivity contribution is -0.122. The van der Waals surface area contributed by atoms with Crippen LogP contribution in [0.1, 0.15) is 17.7 Å². The zero-order valence-corrected chi connectivity index (χ0v) is 13.7. The molecule has 6 nitrogen and oxygen atoms in total. The highest BCUT2D eigenvalue weighted by Crippen LogP contribution is 2.09. The van der Waals surface area contributed by atoms with E-state index in [0.717, 1.165) is 5.56 Å². The van der Waals surface area contributed by atoms with Crippen LogP contribution in [0.3, 0.4) is 0 Å². The van der Waals surface area contributed by atoms with Crippen molar-refractivity contribution in [3.05, 3.63) is 64.1 Å². The predicted octanol–water partition coefficient (Wildman–Crippen LogP) is 0.939. The highest BCUT2D eigenvalue weighted by molar-refractivity contribution is 5.81. The van der Waals surface area contributed by atoms with Gasteiger partial charge in [-0.15, -0.1) is 0 Å². The Labute approximate surface area is 140 Å². The SMILES string of the molecule is Cc1c(O)c(=O)ccn1CCCNC(=O)C(N)Cc1ccccc1. The maximum absolute atomic E-state index is 12.0. The number of hydrogen-bond acceptors (Lipinski definition) is 4. The summed E-state index contributed by atoms with van der Waals surface area (Å²) in [5, 5.41) is 12.4. The number of aromatic hydroxyl groups is 1. The van der Waals surface area contributed by atoms with Crippen LogP contribution in [-0.4, -0.2) is 28.2 Å². The average molecular weight is 329 g/mol. The molecule has 0 saturated carbocycles. The van der Waals surface area contributed by atoms with Gasteiger partial charge in [-0.3, -0.25) is 9.59 Å². The van der Waals surface area contributed by atoms with Gasteiger partial charge in [0.15, 0.2) is 5.75 Å². The van der Waals surface area contributed by atoms with Crippen molar-refractivity contribution < 1.29 is 9.90 Å². The van der Waals surface area contributed by atoms with Crippen molar-refractivity contribution in [3.63, 3.8) is 0 Å². The number of pyridine rings is 1. The van der Waals surface area contributed by atoms with Crippen LogP contribution in [-0.2, 0) is 17.8 Å². The molecule has 0 radical (unpaired) electrons. The minimum absolute atomic E-state index is 0.182. The summed E-state index contributed by atoms with van der Waals surface area (Å²) in [6, 6.07) is 10.4. The summed E-state index contributed by atoms with van der Waals surface area (Å²) >= 11 is 0. The molecule has 2 rings (SSSR count). The molecule has 1 atom stereocenters. The molecule has 1 aromatic heterocycles. The number of aromatic nitrogens is 1. The standard InChI is InChI=1S/C18H23N3O3/c1-13-17(23)16(22)8-11-21(13)10-5-9-20-18(24)15(19)12-14-6-3-2-4-7-14/h2-4,6-8,11,15,23H,5,9-10,12,19H2,1H3,(H,20,24). The molecule has 6 heteroatoms. The van der Waals surface area contributed by atoms with Crippen LogP contribution in [0, 0.1) is 6.92 Å². The van der Waals surface area contributed by atoms with Gasteiger partial charge in [0.1, 0.15) is 0 Å². The molecule has 0 bridgehead atoms. The number of nitrogens with zero attached hydrogens (tertiary/aromatic N) is 1. The van der Waals surface area contributed by atoms with Crippen LogP contribution in [0.4, 0.5) is 0 Å². The number of aryl methyl sites for hydroxylation is 1. The van der Waals surface area contributed by atoms with Gasteiger partial charge in [-0.2, -0.15) is 0 Å². The Bertz CT molecular complexity index is 741. The summed E-state index contributed by atoms with van der Waals surface area (Å²) in [5.74, 6) is -0.412. The molecule has 0 fully saturated rings. The van der Waals surface area contributed by atoms with Gasteiger partial charge in [0.2, 0.25) is 11.3 Å². The van der Waals surface area contributed by atoms with Crippen molar-refractivity contribution in [2.45, 2.75) is 32.4 Å². The monoisotopic (exact) mass is 329 g/mol. The number of amides is 1. The Hall–Kier alpha value is -2.60. The molecule has 4 N–H and O–H groups in total. The van der Waals surface area contributed by atoms with Crippen LogP contribution in [0.15, 0.2) is 47.4 Å². The van der Waals surface area contributed by atoms with Crippen molar-refractivity contribution in [2.24, 2.45) is 5.73 Å². The quantitative estimate of drug-likeness (QED) is 0.659. The summed E-state index contributed by atoms with van der Waals surface area (Å²) in [6.45, 7) is 2.76. The fraction of sp³-hybridized carbons (Fsp3) is 0.333. The normalized spacial score (nSPS) is 11.9. The predicted molar refractivity (Wildman–Crippen MR) is 92.9 cm³/mol. The number of carbonyl (C=O) groups excluding carboxylic acids is 1. The van der Waals surface area contributed by atoms with E-state index in [1.807, 2.05) is 30.3 Å². The first kappa shape index (κ1) is 17.7. The molecule has 128 valence electrons. The third-order valence-electron chi connectivity index (χ3n) is 3.92. The number of rotatable bonds is 7. The third kappa shape index (κ3) is 4.70. The summed E-state index contributed by atoms with van der Waals surface area (Å²) in [4.78, 5) is 23.3. The van der Waals surface area contributed by atoms with Crippen LogP contribution in [0.5, 0.6) is 5.75 Å². The first-order valence-corrected chi connectivity index (χ1v) is 7.95. The maximum Gasteiger partial charge on any atom is 0.237 e. The number of carbonyl (C=O) groups is 1. The summed E-state index contributed by atoms with van der Waals surface area (Å²) in [7, 11) is 0. The third-order valence-corrected chi connectivity index (χ3v) is 3.92. The molecular weight excluding hydrogens is 306 g/mol. The Kier molecular flexibility index (Phi) is 6.14. The van der Waals surface area contributed by atoms with Crippen molar-refractivity contribution in [2.75, 3.05) is 6.54 Å². The molecule has 0 aliphatic carbocycles. The van der Waals surface area contributed by atoms with E-state index in [1.54, 1.807) is 17.7 Å². The second-order valence-corrected chi connectivity index (χ2v) is 5.75. The topological polar surface area (TPSA) is 97.3 Å². The zero-order valence-electron chi connectivity index (χ0n) is 13.7. The van der Waals surface area contributed by atoms with E-state index in [4.69, 9.17) is 5.73 Å². The van der Waals surface area contributed by atoms with Crippen molar-refractivity contribution in [3.8, 4) is 5.75 Å². The highest BCUT2D eigenvalue weighted by Gasteiger charge is 2.13. The van der Waals surface area contributed by atoms with E-state index in [9.17, 15) is 14.7 Å². The van der Waals surface area contributed by atoms with Crippen molar-refractivity contribution in [1.82, 2.24) is 9.88 Å². The second kappa shape index (κ2) is 8.31. The Balaban J connectivity index is 1.77. The molecule has 0 aliphatic heterocycles. The molecule has 1 heterocycles. The van der Waals surface area contributed by atoms with Crippen LogP contribution >= 0.6 is 0 Å². The molecule has 0 aliphatic rings. The highest BCUT2D eigenvalue weighted by atomic mass is 16.3. The largest absolute Gasteiger partial charge is 0.503 e. The van der Waals surface area contributed by atoms with Crippen molar-refractivity contribution in [1.29, 1.82) is 0 Å². The van der Waals surface area contributed by atoms with Crippen LogP contribution in [0.25, 0.3) is 0 Å². The first-order chi connectivity index (χ1) is 11.5. The summed E-state index contributed by atoms with van der Waals surface area (Å²) in [6.07, 6.45) is 2.81. The van der Waals surface area contributed by atoms with E-state index >= 15 is 0 Å². The zero-order chi connectivity index (χ0) is 17.5. The van der Waals surface area contributed by atoms with Gasteiger partial charge in [0.25, 0.3) is 0 Å². The molecular formula is C18H23N3O3. The van der Waals surface area contributed by atoms with Crippen LogP contribution in [0.2, 0.25) is 0 Å². The fourth-order valence-electron chi connectivity index (χ4n) is 2.46. The van der Waals surface area contributed by atoms with Gasteiger partial charge in [0.05, 0.1) is 11.7 Å². The van der Waals surface area contributed by atoms with Gasteiger partial charge in [-0.1, -0.05) is 30.3 Å². The molecule has 2 aromatic rings. The maximum atomic E-state index is 12.0. The first-order valence-electron chi connectivity index (χ1n) is 7.95. The van der Waals surface area contributed by atoms with Gasteiger partial charge in [-0.05, 0) is 25.3 Å². The smallest absolute Gasteiger partial charge is 0.237 e. The molecule has 0 saturated heterocycles. The lowest BCUT2D eigenvalue weighted by atomic mass is 10.1. The molecule has 1 amide bonds. The van der Waals surface area contributed by atoms with Gasteiger partial charge in [-0.25, -0.2) is 0 Å². The van der Waals surface area contributed by atoms with Crippen LogP contribution < -0.4 is 16.5 Å². The number of nitrogens with one attached hydrogen (secondary N) is 1. The second-order valence-electron chi connectivity index (χ2n) is 5.75. The lowest BCUT2D eigenvalue weighted by Gasteiger charge is -2.14. The summed E-state index contributed by atoms with van der Waals surface area (Å²) in [5.41, 5.74) is 7.08. The lowest BCUT2D eigenvalue weighted by Crippen LogP contribution is -2.42. The molecule has 1 unspecified atom stereocenters. The van der Waals surface area contributed by atoms with E-state index in [-0.39, 0.29) is 17.1 Å². The Morgan fingerprint density at radius 2 is 2.00 bits per heavy atom. The molecule has 24 heavy (non-hydrogen) atoms. The Morgan fingerprint density at radius 1 is 1.29 bits per heavy atom. The number of nitrogens with two attached hydrogens (primary N) is 1. The van der Waals surface area contributed by atoms with Gasteiger partial charge >= 0.3 is 0 Å². The number of hydrogen-bond donors (Lipinski definition) is 3. The van der Waals surface area contributed by atoms with E-state index < -0.39 is 6.04 Å². The molecule has 0 spiro atoms. The van der Waals surface area contributed by atoms with E-state index in [1.165, 1.54) is 6.07 Å². The summed E-state index contributed by atoms with van der Waals surface area (Å²) < 4.78 is 1.78. The fourth-order valence-corrected chi connectivity index (χ4v) is 2.46. The van der Waals surface area contributed by atoms with Crippen molar-refractivity contribution >= 4 is 5.91 Å². The molecule has 1 aromatic carbocycles. The van der Waals surface area contributed by atoms with Gasteiger partial charge < -0.3 is 20.7 Å².